The number of hydrogen-bond donors (Lipinski definition) is 3. The van der Waals surface area contributed by atoms with Crippen molar-refractivity contribution in [2.45, 2.75) is 71.4 Å². The molecule has 0 bridgehead atoms. The van der Waals surface area contributed by atoms with E-state index in [2.05, 4.69) is 42.0 Å². The van der Waals surface area contributed by atoms with Gasteiger partial charge in [-0.2, -0.15) is 0 Å². The summed E-state index contributed by atoms with van der Waals surface area (Å²) in [6.07, 6.45) is 6.09. The lowest BCUT2D eigenvalue weighted by Gasteiger charge is -2.34. The monoisotopic (exact) mass is 617 g/mol. The molecule has 1 aromatic carbocycles. The second-order valence-corrected chi connectivity index (χ2v) is 14.3. The molecule has 8 nitrogen and oxygen atoms in total. The topological polar surface area (TPSA) is 111 Å². The van der Waals surface area contributed by atoms with Gasteiger partial charge in [0, 0.05) is 37.0 Å². The third-order valence-corrected chi connectivity index (χ3v) is 10.2. The van der Waals surface area contributed by atoms with Crippen LogP contribution in [0, 0.1) is 17.2 Å². The minimum atomic E-state index is -0.726. The Balaban J connectivity index is 1.22. The molecule has 6 rings (SSSR count). The average molecular weight is 618 g/mol. The molecule has 232 valence electrons. The number of aromatic nitrogens is 3. The largest absolute Gasteiger partial charge is 0.504 e. The lowest BCUT2D eigenvalue weighted by molar-refractivity contribution is 0.0795. The molecule has 1 unspecified atom stereocenters. The van der Waals surface area contributed by atoms with E-state index < -0.39 is 11.6 Å². The average Bonchev–Trinajstić information content (AvgIpc) is 3.42. The number of aliphatic hydroxyl groups excluding tert-OH is 1. The van der Waals surface area contributed by atoms with E-state index in [0.29, 0.717) is 28.6 Å². The van der Waals surface area contributed by atoms with Gasteiger partial charge in [0.15, 0.2) is 16.6 Å². The zero-order valence-electron chi connectivity index (χ0n) is 25.5. The van der Waals surface area contributed by atoms with Gasteiger partial charge in [-0.05, 0) is 67.1 Å². The van der Waals surface area contributed by atoms with E-state index in [1.54, 1.807) is 0 Å². The number of hydrogen-bond acceptors (Lipinski definition) is 8. The first-order valence-corrected chi connectivity index (χ1v) is 16.3. The van der Waals surface area contributed by atoms with Crippen LogP contribution in [-0.2, 0) is 12.8 Å². The molecule has 0 spiro atoms. The van der Waals surface area contributed by atoms with E-state index in [4.69, 9.17) is 9.97 Å². The van der Waals surface area contributed by atoms with Gasteiger partial charge >= 0.3 is 0 Å². The Morgan fingerprint density at radius 2 is 1.89 bits per heavy atom. The van der Waals surface area contributed by atoms with E-state index in [0.717, 1.165) is 79.5 Å². The maximum atomic E-state index is 13.9. The number of piperidine rings is 1. The van der Waals surface area contributed by atoms with Gasteiger partial charge in [0.1, 0.15) is 10.3 Å². The van der Waals surface area contributed by atoms with Crippen LogP contribution >= 0.6 is 11.3 Å². The number of aliphatic hydroxyl groups is 1. The van der Waals surface area contributed by atoms with Gasteiger partial charge in [-0.3, -0.25) is 9.78 Å². The van der Waals surface area contributed by atoms with E-state index in [9.17, 15) is 19.4 Å². The van der Waals surface area contributed by atoms with Gasteiger partial charge < -0.3 is 20.4 Å². The van der Waals surface area contributed by atoms with Crippen molar-refractivity contribution in [1.82, 2.24) is 25.2 Å². The highest BCUT2D eigenvalue weighted by molar-refractivity contribution is 7.19. The van der Waals surface area contributed by atoms with Crippen LogP contribution in [0.15, 0.2) is 42.6 Å². The fraction of sp³-hybridized carbons (Fsp3) is 0.471. The Labute approximate surface area is 261 Å². The van der Waals surface area contributed by atoms with Crippen LogP contribution in [-0.4, -0.2) is 61.7 Å². The summed E-state index contributed by atoms with van der Waals surface area (Å²) in [5.74, 6) is -0.854. The van der Waals surface area contributed by atoms with Crippen molar-refractivity contribution in [1.29, 1.82) is 0 Å². The van der Waals surface area contributed by atoms with Gasteiger partial charge in [-0.1, -0.05) is 56.4 Å². The molecule has 3 aromatic heterocycles. The summed E-state index contributed by atoms with van der Waals surface area (Å²) in [4.78, 5) is 30.5. The number of carbonyl (C=O) groups excluding carboxylic acids is 1. The normalized spacial score (nSPS) is 18.7. The van der Waals surface area contributed by atoms with Crippen molar-refractivity contribution in [3.63, 3.8) is 0 Å². The molecular weight excluding hydrogens is 577 g/mol. The number of carbonyl (C=O) groups is 1. The Kier molecular flexibility index (Phi) is 8.68. The number of nitrogens with one attached hydrogen (secondary N) is 1. The SMILES string of the molecule is CC(C)(C)C1CCc2nc3sc(C(=O)N[C@H](CCN4CCC(O)CC4)c4ccc(-c5cc(F)c(O)cn5)cc4)nc3cc2C1. The van der Waals surface area contributed by atoms with Crippen LogP contribution in [0.25, 0.3) is 21.6 Å². The standard InChI is InChI=1S/C34H40FN5O3S/c1-34(2,3)23-8-9-26-22(16-23)17-29-32(38-26)44-33(39-29)31(43)37-27(12-15-40-13-10-24(41)11-14-40)20-4-6-21(7-5-20)28-18-25(35)30(42)19-36-28/h4-7,17-19,23-24,27,41-42H,8-16H2,1-3H3,(H,37,43)/t23?,27-/m1/s1. The molecule has 0 radical (unpaired) electrons. The molecule has 1 saturated heterocycles. The number of benzene rings is 1. The van der Waals surface area contributed by atoms with Gasteiger partial charge in [0.2, 0.25) is 0 Å². The van der Waals surface area contributed by atoms with Crippen LogP contribution in [0.1, 0.15) is 79.1 Å². The fourth-order valence-electron chi connectivity index (χ4n) is 6.31. The Morgan fingerprint density at radius 3 is 2.59 bits per heavy atom. The van der Waals surface area contributed by atoms with Crippen molar-refractivity contribution < 1.29 is 19.4 Å². The van der Waals surface area contributed by atoms with Crippen molar-refractivity contribution >= 4 is 27.6 Å². The van der Waals surface area contributed by atoms with E-state index in [1.165, 1.54) is 23.0 Å². The third-order valence-electron chi connectivity index (χ3n) is 9.21. The zero-order valence-corrected chi connectivity index (χ0v) is 26.3. The summed E-state index contributed by atoms with van der Waals surface area (Å²) in [5, 5.41) is 23.0. The fourth-order valence-corrected chi connectivity index (χ4v) is 7.16. The number of aryl methyl sites for hydroxylation is 1. The summed E-state index contributed by atoms with van der Waals surface area (Å²) in [6.45, 7) is 9.30. The molecule has 2 atom stereocenters. The Morgan fingerprint density at radius 1 is 1.14 bits per heavy atom. The van der Waals surface area contributed by atoms with E-state index >= 15 is 0 Å². The minimum Gasteiger partial charge on any atom is -0.504 e. The molecule has 1 fully saturated rings. The maximum Gasteiger partial charge on any atom is 0.280 e. The molecule has 1 aliphatic carbocycles. The van der Waals surface area contributed by atoms with Crippen molar-refractivity contribution in [2.75, 3.05) is 19.6 Å². The second-order valence-electron chi connectivity index (χ2n) is 13.3. The number of likely N-dealkylation sites (tertiary alicyclic amines) is 1. The number of aromatic hydroxyl groups is 1. The molecule has 3 N–H and O–H groups in total. The van der Waals surface area contributed by atoms with E-state index in [-0.39, 0.29) is 23.5 Å². The number of fused-ring (bicyclic) bond motifs is 2. The summed E-state index contributed by atoms with van der Waals surface area (Å²) >= 11 is 1.33. The lowest BCUT2D eigenvalue weighted by Crippen LogP contribution is -2.38. The van der Waals surface area contributed by atoms with Crippen molar-refractivity contribution in [3.05, 3.63) is 70.2 Å². The van der Waals surface area contributed by atoms with Crippen LogP contribution in [0.5, 0.6) is 5.75 Å². The van der Waals surface area contributed by atoms with Gasteiger partial charge in [0.05, 0.1) is 24.0 Å². The number of nitrogens with zero attached hydrogens (tertiary/aromatic N) is 4. The summed E-state index contributed by atoms with van der Waals surface area (Å²) in [5.41, 5.74) is 5.42. The molecule has 10 heteroatoms. The molecule has 4 heterocycles. The van der Waals surface area contributed by atoms with Crippen LogP contribution in [0.4, 0.5) is 4.39 Å². The van der Waals surface area contributed by atoms with Gasteiger partial charge in [-0.25, -0.2) is 14.4 Å². The number of pyridine rings is 2. The van der Waals surface area contributed by atoms with E-state index in [1.807, 2.05) is 24.3 Å². The van der Waals surface area contributed by atoms with Gasteiger partial charge in [0.25, 0.3) is 5.91 Å². The molecule has 2 aliphatic rings. The lowest BCUT2D eigenvalue weighted by atomic mass is 9.71. The zero-order chi connectivity index (χ0) is 31.0. The first-order chi connectivity index (χ1) is 21.0. The van der Waals surface area contributed by atoms with Crippen molar-refractivity contribution in [3.8, 4) is 17.0 Å². The highest BCUT2D eigenvalue weighted by Crippen LogP contribution is 2.38. The van der Waals surface area contributed by atoms with Crippen LogP contribution in [0.3, 0.4) is 0 Å². The maximum absolute atomic E-state index is 13.9. The van der Waals surface area contributed by atoms with Gasteiger partial charge in [-0.15, -0.1) is 0 Å². The first-order valence-electron chi connectivity index (χ1n) is 15.5. The Hall–Kier alpha value is -3.47. The third kappa shape index (κ3) is 6.77. The van der Waals surface area contributed by atoms with Crippen LogP contribution in [0.2, 0.25) is 0 Å². The number of rotatable bonds is 7. The summed E-state index contributed by atoms with van der Waals surface area (Å²) in [7, 11) is 0. The smallest absolute Gasteiger partial charge is 0.280 e. The quantitative estimate of drug-likeness (QED) is 0.231. The number of halogens is 1. The molecule has 4 aromatic rings. The van der Waals surface area contributed by atoms with Crippen LogP contribution < -0.4 is 5.32 Å². The highest BCUT2D eigenvalue weighted by Gasteiger charge is 2.30. The second kappa shape index (κ2) is 12.5. The highest BCUT2D eigenvalue weighted by atomic mass is 32.1. The first kappa shape index (κ1) is 30.6. The molecular formula is C34H40FN5O3S. The summed E-state index contributed by atoms with van der Waals surface area (Å²) in [6, 6.07) is 10.6. The molecule has 1 aliphatic heterocycles. The number of amides is 1. The predicted octanol–water partition coefficient (Wildman–Crippen LogP) is 6.07. The molecule has 44 heavy (non-hydrogen) atoms. The molecule has 0 saturated carbocycles. The minimum absolute atomic E-state index is 0.232. The summed E-state index contributed by atoms with van der Waals surface area (Å²) < 4.78 is 13.9. The Bertz CT molecular complexity index is 1640. The number of thiazole rings is 1. The predicted molar refractivity (Wildman–Crippen MR) is 170 cm³/mol. The van der Waals surface area contributed by atoms with Crippen molar-refractivity contribution in [2.24, 2.45) is 11.3 Å². The molecule has 1 amide bonds.